The zero-order valence-corrected chi connectivity index (χ0v) is 13.3. The third-order valence-corrected chi connectivity index (χ3v) is 6.10. The van der Waals surface area contributed by atoms with E-state index in [2.05, 4.69) is 22.1 Å². The monoisotopic (exact) mass is 302 g/mol. The Morgan fingerprint density at radius 1 is 1.30 bits per heavy atom. The second kappa shape index (κ2) is 6.76. The highest BCUT2D eigenvalue weighted by Gasteiger charge is 2.27. The van der Waals surface area contributed by atoms with Gasteiger partial charge >= 0.3 is 0 Å². The summed E-state index contributed by atoms with van der Waals surface area (Å²) in [5.74, 6) is 1.98. The summed E-state index contributed by atoms with van der Waals surface area (Å²) in [6, 6.07) is 0. The molecule has 2 aliphatic rings. The maximum atomic E-state index is 11.7. The van der Waals surface area contributed by atoms with E-state index in [1.54, 1.807) is 11.4 Å². The number of nitrogens with zero attached hydrogens (tertiary/aromatic N) is 3. The predicted octanol–water partition coefficient (Wildman–Crippen LogP) is 0.329. The number of aliphatic imine (C=N–C) groups is 1. The molecule has 0 aromatic rings. The van der Waals surface area contributed by atoms with Gasteiger partial charge in [0.25, 0.3) is 0 Å². The molecule has 0 atom stereocenters. The van der Waals surface area contributed by atoms with E-state index in [1.807, 2.05) is 0 Å². The fourth-order valence-corrected chi connectivity index (χ4v) is 4.32. The van der Waals surface area contributed by atoms with Crippen molar-refractivity contribution in [3.8, 4) is 0 Å². The number of hydrogen-bond donors (Lipinski definition) is 1. The lowest BCUT2D eigenvalue weighted by Crippen LogP contribution is -2.47. The van der Waals surface area contributed by atoms with Gasteiger partial charge in [-0.15, -0.1) is 0 Å². The maximum absolute atomic E-state index is 11.7. The van der Waals surface area contributed by atoms with Gasteiger partial charge in [-0.2, -0.15) is 0 Å². The Bertz CT molecular complexity index is 441. The Labute approximate surface area is 122 Å². The van der Waals surface area contributed by atoms with Crippen LogP contribution in [0.4, 0.5) is 0 Å². The summed E-state index contributed by atoms with van der Waals surface area (Å²) < 4.78 is 25.0. The van der Waals surface area contributed by atoms with Crippen molar-refractivity contribution in [1.82, 2.24) is 14.5 Å². The van der Waals surface area contributed by atoms with Crippen LogP contribution < -0.4 is 5.32 Å². The van der Waals surface area contributed by atoms with Gasteiger partial charge in [-0.05, 0) is 25.2 Å². The van der Waals surface area contributed by atoms with Gasteiger partial charge in [0.05, 0.1) is 5.75 Å². The summed E-state index contributed by atoms with van der Waals surface area (Å²) in [7, 11) is -1.20. The molecule has 2 rings (SSSR count). The van der Waals surface area contributed by atoms with Crippen LogP contribution in [0.15, 0.2) is 4.99 Å². The van der Waals surface area contributed by atoms with Gasteiger partial charge in [0.2, 0.25) is 10.0 Å². The first kappa shape index (κ1) is 15.6. The van der Waals surface area contributed by atoms with Crippen molar-refractivity contribution >= 4 is 16.0 Å². The van der Waals surface area contributed by atoms with Gasteiger partial charge in [-0.3, -0.25) is 4.99 Å². The smallest absolute Gasteiger partial charge is 0.214 e. The van der Waals surface area contributed by atoms with Crippen molar-refractivity contribution in [2.24, 2.45) is 10.9 Å². The summed E-state index contributed by atoms with van der Waals surface area (Å²) in [5.41, 5.74) is 0. The predicted molar refractivity (Wildman–Crippen MR) is 81.3 cm³/mol. The summed E-state index contributed by atoms with van der Waals surface area (Å²) >= 11 is 0. The van der Waals surface area contributed by atoms with Crippen molar-refractivity contribution in [3.63, 3.8) is 0 Å². The van der Waals surface area contributed by atoms with E-state index >= 15 is 0 Å². The molecular formula is C13H26N4O2S. The van der Waals surface area contributed by atoms with E-state index in [1.165, 1.54) is 12.8 Å². The number of likely N-dealkylation sites (tertiary alicyclic amines) is 1. The van der Waals surface area contributed by atoms with Crippen LogP contribution in [-0.2, 0) is 10.0 Å². The molecule has 2 saturated heterocycles. The lowest BCUT2D eigenvalue weighted by molar-refractivity contribution is 0.273. The zero-order chi connectivity index (χ0) is 14.6. The molecule has 0 bridgehead atoms. The van der Waals surface area contributed by atoms with Gasteiger partial charge < -0.3 is 10.2 Å². The zero-order valence-electron chi connectivity index (χ0n) is 12.5. The minimum atomic E-state index is -2.98. The molecule has 0 unspecified atom stereocenters. The molecule has 7 heteroatoms. The highest BCUT2D eigenvalue weighted by molar-refractivity contribution is 7.89. The van der Waals surface area contributed by atoms with Crippen LogP contribution in [-0.4, -0.2) is 69.1 Å². The van der Waals surface area contributed by atoms with Gasteiger partial charge in [-0.25, -0.2) is 12.7 Å². The lowest BCUT2D eigenvalue weighted by Gasteiger charge is -2.33. The number of nitrogens with one attached hydrogen (secondary N) is 1. The Balaban J connectivity index is 1.77. The van der Waals surface area contributed by atoms with E-state index in [-0.39, 0.29) is 0 Å². The Kier molecular flexibility index (Phi) is 5.26. The second-order valence-electron chi connectivity index (χ2n) is 5.71. The normalized spacial score (nSPS) is 25.1. The first-order valence-electron chi connectivity index (χ1n) is 7.46. The SMILES string of the molecule is CN=C(NCCN1CCCS1(=O)=O)N1CCC(C)CC1. The Hall–Kier alpha value is -0.820. The third kappa shape index (κ3) is 3.85. The molecule has 2 fully saturated rings. The van der Waals surface area contributed by atoms with E-state index in [9.17, 15) is 8.42 Å². The number of rotatable bonds is 3. The molecule has 0 saturated carbocycles. The minimum absolute atomic E-state index is 0.297. The molecule has 0 amide bonds. The highest BCUT2D eigenvalue weighted by atomic mass is 32.2. The molecule has 2 aliphatic heterocycles. The van der Waals surface area contributed by atoms with Crippen molar-refractivity contribution in [1.29, 1.82) is 0 Å². The van der Waals surface area contributed by atoms with Crippen molar-refractivity contribution in [3.05, 3.63) is 0 Å². The number of hydrogen-bond acceptors (Lipinski definition) is 3. The molecule has 116 valence electrons. The lowest BCUT2D eigenvalue weighted by atomic mass is 10.00. The molecule has 0 aromatic carbocycles. The van der Waals surface area contributed by atoms with E-state index in [0.717, 1.165) is 31.4 Å². The molecule has 6 nitrogen and oxygen atoms in total. The van der Waals surface area contributed by atoms with Crippen LogP contribution in [0.2, 0.25) is 0 Å². The molecule has 0 aliphatic carbocycles. The largest absolute Gasteiger partial charge is 0.355 e. The topological polar surface area (TPSA) is 65.0 Å². The van der Waals surface area contributed by atoms with Gasteiger partial charge in [0.1, 0.15) is 0 Å². The average Bonchev–Trinajstić information content (AvgIpc) is 2.75. The van der Waals surface area contributed by atoms with Crippen LogP contribution >= 0.6 is 0 Å². The quantitative estimate of drug-likeness (QED) is 0.603. The third-order valence-electron chi connectivity index (χ3n) is 4.14. The van der Waals surface area contributed by atoms with Crippen molar-refractivity contribution in [2.75, 3.05) is 45.5 Å². The first-order valence-corrected chi connectivity index (χ1v) is 9.07. The summed E-state index contributed by atoms with van der Waals surface area (Å²) in [6.07, 6.45) is 3.14. The highest BCUT2D eigenvalue weighted by Crippen LogP contribution is 2.16. The second-order valence-corrected chi connectivity index (χ2v) is 7.80. The summed E-state index contributed by atoms with van der Waals surface area (Å²) in [6.45, 7) is 6.16. The Morgan fingerprint density at radius 2 is 2.00 bits per heavy atom. The summed E-state index contributed by atoms with van der Waals surface area (Å²) in [5, 5.41) is 3.29. The molecule has 0 radical (unpaired) electrons. The van der Waals surface area contributed by atoms with Crippen LogP contribution in [0.1, 0.15) is 26.2 Å². The number of sulfonamides is 1. The fourth-order valence-electron chi connectivity index (χ4n) is 2.79. The summed E-state index contributed by atoms with van der Waals surface area (Å²) in [4.78, 5) is 6.56. The van der Waals surface area contributed by atoms with E-state index in [4.69, 9.17) is 0 Å². The Morgan fingerprint density at radius 3 is 2.55 bits per heavy atom. The first-order chi connectivity index (χ1) is 9.53. The van der Waals surface area contributed by atoms with Crippen LogP contribution in [0.5, 0.6) is 0 Å². The standard InChI is InChI=1S/C13H26N4O2S/c1-12-4-8-16(9-5-12)13(14-2)15-6-10-17-7-3-11-20(17,18)19/h12H,3-11H2,1-2H3,(H,14,15). The minimum Gasteiger partial charge on any atom is -0.355 e. The number of piperidine rings is 1. The van der Waals surface area contributed by atoms with Gasteiger partial charge in [0.15, 0.2) is 5.96 Å². The van der Waals surface area contributed by atoms with Crippen molar-refractivity contribution in [2.45, 2.75) is 26.2 Å². The van der Waals surface area contributed by atoms with Crippen LogP contribution in [0, 0.1) is 5.92 Å². The molecule has 0 aromatic heterocycles. The van der Waals surface area contributed by atoms with Crippen LogP contribution in [0.25, 0.3) is 0 Å². The van der Waals surface area contributed by atoms with Gasteiger partial charge in [0, 0.05) is 39.8 Å². The van der Waals surface area contributed by atoms with E-state index < -0.39 is 10.0 Å². The average molecular weight is 302 g/mol. The van der Waals surface area contributed by atoms with Crippen LogP contribution in [0.3, 0.4) is 0 Å². The number of guanidine groups is 1. The molecule has 20 heavy (non-hydrogen) atoms. The van der Waals surface area contributed by atoms with E-state index in [0.29, 0.717) is 25.4 Å². The molecule has 1 N–H and O–H groups in total. The van der Waals surface area contributed by atoms with Crippen molar-refractivity contribution < 1.29 is 8.42 Å². The molecular weight excluding hydrogens is 276 g/mol. The fraction of sp³-hybridized carbons (Fsp3) is 0.923. The molecule has 2 heterocycles. The van der Waals surface area contributed by atoms with Gasteiger partial charge in [-0.1, -0.05) is 6.92 Å². The maximum Gasteiger partial charge on any atom is 0.214 e. The molecule has 0 spiro atoms.